The second kappa shape index (κ2) is 6.93. The number of rotatable bonds is 4. The van der Waals surface area contributed by atoms with Crippen LogP contribution in [0.2, 0.25) is 0 Å². The molecule has 0 aliphatic carbocycles. The molecule has 1 fully saturated rings. The fourth-order valence-corrected chi connectivity index (χ4v) is 3.21. The smallest absolute Gasteiger partial charge is 0.326 e. The van der Waals surface area contributed by atoms with Crippen LogP contribution in [0.4, 0.5) is 0 Å². The van der Waals surface area contributed by atoms with Crippen LogP contribution < -0.4 is 5.32 Å². The van der Waals surface area contributed by atoms with Gasteiger partial charge in [0.05, 0.1) is 0 Å². The Morgan fingerprint density at radius 1 is 1.16 bits per heavy atom. The number of hydrogen-bond acceptors (Lipinski definition) is 3. The third kappa shape index (κ3) is 3.47. The number of carboxylic acid groups (broad SMARTS) is 1. The molecule has 2 N–H and O–H groups in total. The summed E-state index contributed by atoms with van der Waals surface area (Å²) in [6, 6.07) is 11.5. The Labute approximate surface area is 145 Å². The highest BCUT2D eigenvalue weighted by atomic mass is 16.4. The van der Waals surface area contributed by atoms with E-state index in [2.05, 4.69) is 5.32 Å². The molecule has 1 aliphatic heterocycles. The largest absolute Gasteiger partial charge is 0.480 e. The van der Waals surface area contributed by atoms with Crippen LogP contribution in [0, 0.1) is 0 Å². The predicted molar refractivity (Wildman–Crippen MR) is 93.2 cm³/mol. The van der Waals surface area contributed by atoms with Gasteiger partial charge in [-0.3, -0.25) is 9.59 Å². The first-order valence-electron chi connectivity index (χ1n) is 8.30. The summed E-state index contributed by atoms with van der Waals surface area (Å²) in [6.45, 7) is 1.99. The summed E-state index contributed by atoms with van der Waals surface area (Å²) < 4.78 is 0. The molecule has 2 amide bonds. The van der Waals surface area contributed by atoms with Gasteiger partial charge in [-0.25, -0.2) is 4.79 Å². The lowest BCUT2D eigenvalue weighted by molar-refractivity contribution is -0.148. The van der Waals surface area contributed by atoms with Crippen molar-refractivity contribution in [1.82, 2.24) is 10.2 Å². The van der Waals surface area contributed by atoms with E-state index >= 15 is 0 Å². The van der Waals surface area contributed by atoms with Gasteiger partial charge in [0.15, 0.2) is 0 Å². The zero-order chi connectivity index (χ0) is 18.0. The van der Waals surface area contributed by atoms with E-state index in [1.807, 2.05) is 30.3 Å². The number of carbonyl (C=O) groups excluding carboxylic acids is 2. The number of carbonyl (C=O) groups is 3. The number of likely N-dealkylation sites (tertiary alicyclic amines) is 1. The summed E-state index contributed by atoms with van der Waals surface area (Å²) in [6.07, 6.45) is 1.11. The summed E-state index contributed by atoms with van der Waals surface area (Å²) in [5, 5.41) is 13.8. The highest BCUT2D eigenvalue weighted by Gasteiger charge is 2.36. The molecule has 0 aromatic heterocycles. The van der Waals surface area contributed by atoms with Gasteiger partial charge in [0.2, 0.25) is 5.91 Å². The highest BCUT2D eigenvalue weighted by Crippen LogP contribution is 2.19. The topological polar surface area (TPSA) is 86.7 Å². The standard InChI is InChI=1S/C19H20N2O4/c1-12(18(23)21-10-4-7-16(21)19(24)25)20-17(22)15-9-8-13-5-2-3-6-14(13)11-15/h2-3,5-6,8-9,11-12,16H,4,7,10H2,1H3,(H,20,22)(H,24,25)/t12-,16-/m0/s1. The average Bonchev–Trinajstić information content (AvgIpc) is 3.10. The maximum atomic E-state index is 12.5. The van der Waals surface area contributed by atoms with Gasteiger partial charge in [-0.05, 0) is 42.7 Å². The van der Waals surface area contributed by atoms with Gasteiger partial charge in [0, 0.05) is 12.1 Å². The lowest BCUT2D eigenvalue weighted by Crippen LogP contribution is -2.50. The Kier molecular flexibility index (Phi) is 4.70. The highest BCUT2D eigenvalue weighted by molar-refractivity contribution is 6.01. The van der Waals surface area contributed by atoms with Crippen molar-refractivity contribution in [2.24, 2.45) is 0 Å². The lowest BCUT2D eigenvalue weighted by atomic mass is 10.1. The first-order chi connectivity index (χ1) is 12.0. The first-order valence-corrected chi connectivity index (χ1v) is 8.30. The van der Waals surface area contributed by atoms with E-state index in [4.69, 9.17) is 0 Å². The van der Waals surface area contributed by atoms with Crippen molar-refractivity contribution in [3.63, 3.8) is 0 Å². The van der Waals surface area contributed by atoms with Gasteiger partial charge < -0.3 is 15.3 Å². The first kappa shape index (κ1) is 17.0. The van der Waals surface area contributed by atoms with Crippen molar-refractivity contribution in [1.29, 1.82) is 0 Å². The van der Waals surface area contributed by atoms with Crippen molar-refractivity contribution < 1.29 is 19.5 Å². The van der Waals surface area contributed by atoms with Gasteiger partial charge >= 0.3 is 5.97 Å². The lowest BCUT2D eigenvalue weighted by Gasteiger charge is -2.25. The number of nitrogens with one attached hydrogen (secondary N) is 1. The fraction of sp³-hybridized carbons (Fsp3) is 0.316. The minimum Gasteiger partial charge on any atom is -0.480 e. The normalized spacial score (nSPS) is 18.1. The van der Waals surface area contributed by atoms with E-state index in [0.29, 0.717) is 24.9 Å². The zero-order valence-electron chi connectivity index (χ0n) is 13.9. The molecule has 25 heavy (non-hydrogen) atoms. The van der Waals surface area contributed by atoms with Gasteiger partial charge in [-0.2, -0.15) is 0 Å². The van der Waals surface area contributed by atoms with E-state index in [1.54, 1.807) is 19.1 Å². The summed E-state index contributed by atoms with van der Waals surface area (Å²) in [5.74, 6) is -1.71. The molecule has 130 valence electrons. The van der Waals surface area contributed by atoms with Crippen LogP contribution >= 0.6 is 0 Å². The molecule has 2 aromatic rings. The number of aliphatic carboxylic acids is 1. The van der Waals surface area contributed by atoms with E-state index in [9.17, 15) is 19.5 Å². The summed E-state index contributed by atoms with van der Waals surface area (Å²) in [5.41, 5.74) is 0.467. The van der Waals surface area contributed by atoms with Gasteiger partial charge in [0.1, 0.15) is 12.1 Å². The van der Waals surface area contributed by atoms with Crippen molar-refractivity contribution >= 4 is 28.6 Å². The quantitative estimate of drug-likeness (QED) is 0.892. The van der Waals surface area contributed by atoms with Gasteiger partial charge in [0.25, 0.3) is 5.91 Å². The third-order valence-corrected chi connectivity index (χ3v) is 4.55. The van der Waals surface area contributed by atoms with Crippen LogP contribution in [0.3, 0.4) is 0 Å². The molecular formula is C19H20N2O4. The van der Waals surface area contributed by atoms with E-state index in [0.717, 1.165) is 10.8 Å². The molecule has 6 heteroatoms. The van der Waals surface area contributed by atoms with Crippen LogP contribution in [0.5, 0.6) is 0 Å². The van der Waals surface area contributed by atoms with E-state index in [1.165, 1.54) is 4.90 Å². The maximum absolute atomic E-state index is 12.5. The third-order valence-electron chi connectivity index (χ3n) is 4.55. The molecule has 2 aromatic carbocycles. The summed E-state index contributed by atoms with van der Waals surface area (Å²) in [7, 11) is 0. The molecule has 6 nitrogen and oxygen atoms in total. The number of hydrogen-bond donors (Lipinski definition) is 2. The Balaban J connectivity index is 1.70. The van der Waals surface area contributed by atoms with Gasteiger partial charge in [-0.15, -0.1) is 0 Å². The molecule has 0 radical (unpaired) electrons. The average molecular weight is 340 g/mol. The molecule has 0 unspecified atom stereocenters. The zero-order valence-corrected chi connectivity index (χ0v) is 13.9. The molecule has 0 saturated carbocycles. The molecule has 0 bridgehead atoms. The van der Waals surface area contributed by atoms with Crippen LogP contribution in [-0.2, 0) is 9.59 Å². The minimum atomic E-state index is -1.00. The van der Waals surface area contributed by atoms with Crippen LogP contribution in [0.25, 0.3) is 10.8 Å². The summed E-state index contributed by atoms with van der Waals surface area (Å²) in [4.78, 5) is 37.5. The van der Waals surface area contributed by atoms with E-state index in [-0.39, 0.29) is 11.8 Å². The van der Waals surface area contributed by atoms with Gasteiger partial charge in [-0.1, -0.05) is 30.3 Å². The van der Waals surface area contributed by atoms with E-state index < -0.39 is 18.1 Å². The molecule has 3 rings (SSSR count). The second-order valence-corrected chi connectivity index (χ2v) is 6.28. The number of fused-ring (bicyclic) bond motifs is 1. The molecule has 0 spiro atoms. The Morgan fingerprint density at radius 2 is 1.88 bits per heavy atom. The molecule has 2 atom stereocenters. The van der Waals surface area contributed by atoms with Crippen LogP contribution in [-0.4, -0.2) is 46.4 Å². The number of amides is 2. The van der Waals surface area contributed by atoms with Crippen molar-refractivity contribution in [3.8, 4) is 0 Å². The Hall–Kier alpha value is -2.89. The number of carboxylic acids is 1. The van der Waals surface area contributed by atoms with Crippen molar-refractivity contribution in [2.45, 2.75) is 31.8 Å². The molecule has 1 aliphatic rings. The molecule has 1 saturated heterocycles. The maximum Gasteiger partial charge on any atom is 0.326 e. The predicted octanol–water partition coefficient (Wildman–Crippen LogP) is 2.03. The fourth-order valence-electron chi connectivity index (χ4n) is 3.21. The number of nitrogens with zero attached hydrogens (tertiary/aromatic N) is 1. The summed E-state index contributed by atoms with van der Waals surface area (Å²) >= 11 is 0. The van der Waals surface area contributed by atoms with Crippen LogP contribution in [0.15, 0.2) is 42.5 Å². The monoisotopic (exact) mass is 340 g/mol. The van der Waals surface area contributed by atoms with Crippen LogP contribution in [0.1, 0.15) is 30.1 Å². The number of benzene rings is 2. The Bertz CT molecular complexity index is 833. The SMILES string of the molecule is C[C@H](NC(=O)c1ccc2ccccc2c1)C(=O)N1CCC[C@H]1C(=O)O. The minimum absolute atomic E-state index is 0.349. The molecule has 1 heterocycles. The van der Waals surface area contributed by atoms with Crippen molar-refractivity contribution in [2.75, 3.05) is 6.54 Å². The molecular weight excluding hydrogens is 320 g/mol. The second-order valence-electron chi connectivity index (χ2n) is 6.28. The van der Waals surface area contributed by atoms with Crippen molar-refractivity contribution in [3.05, 3.63) is 48.0 Å². The Morgan fingerprint density at radius 3 is 2.60 bits per heavy atom.